The van der Waals surface area contributed by atoms with E-state index < -0.39 is 5.82 Å². The number of aromatic nitrogens is 1. The van der Waals surface area contributed by atoms with Crippen molar-refractivity contribution in [2.24, 2.45) is 0 Å². The van der Waals surface area contributed by atoms with Gasteiger partial charge in [0.25, 0.3) is 5.56 Å². The maximum absolute atomic E-state index is 13.6. The van der Waals surface area contributed by atoms with Crippen molar-refractivity contribution < 1.29 is 9.50 Å². The van der Waals surface area contributed by atoms with E-state index in [1.54, 1.807) is 6.07 Å². The molecule has 100 valence electrons. The van der Waals surface area contributed by atoms with Crippen molar-refractivity contribution in [3.05, 3.63) is 63.8 Å². The highest BCUT2D eigenvalue weighted by atomic mass is 35.5. The topological polar surface area (TPSA) is 53.1 Å². The molecule has 0 aliphatic rings. The van der Waals surface area contributed by atoms with E-state index in [0.717, 1.165) is 0 Å². The monoisotopic (exact) mass is 289 g/mol. The number of aromatic hydroxyl groups is 1. The zero-order chi connectivity index (χ0) is 14.3. The molecule has 2 N–H and O–H groups in total. The lowest BCUT2D eigenvalue weighted by Gasteiger charge is -2.07. The molecule has 20 heavy (non-hydrogen) atoms. The number of halogens is 2. The van der Waals surface area contributed by atoms with E-state index in [1.165, 1.54) is 36.5 Å². The minimum atomic E-state index is -0.538. The van der Waals surface area contributed by atoms with Gasteiger partial charge >= 0.3 is 0 Å². The van der Waals surface area contributed by atoms with Crippen molar-refractivity contribution in [2.45, 2.75) is 0 Å². The number of hydrogen-bond acceptors (Lipinski definition) is 2. The van der Waals surface area contributed by atoms with E-state index in [0.29, 0.717) is 21.9 Å². The number of benzene rings is 2. The van der Waals surface area contributed by atoms with Crippen LogP contribution in [0.15, 0.2) is 47.4 Å². The lowest BCUT2D eigenvalue weighted by molar-refractivity contribution is 0.476. The Labute approximate surface area is 118 Å². The number of aromatic amines is 1. The first-order chi connectivity index (χ1) is 9.56. The molecule has 0 unspecified atom stereocenters. The molecule has 0 bridgehead atoms. The molecule has 1 heterocycles. The zero-order valence-electron chi connectivity index (χ0n) is 10.2. The first-order valence-electron chi connectivity index (χ1n) is 5.86. The number of phenols is 1. The van der Waals surface area contributed by atoms with Crippen molar-refractivity contribution in [1.29, 1.82) is 0 Å². The van der Waals surface area contributed by atoms with Crippen LogP contribution in [0.1, 0.15) is 0 Å². The van der Waals surface area contributed by atoms with Crippen LogP contribution in [0.25, 0.3) is 21.9 Å². The quantitative estimate of drug-likeness (QED) is 0.718. The van der Waals surface area contributed by atoms with Gasteiger partial charge in [-0.15, -0.1) is 0 Å². The minimum Gasteiger partial charge on any atom is -0.508 e. The van der Waals surface area contributed by atoms with Gasteiger partial charge in [-0.05, 0) is 35.9 Å². The molecule has 0 saturated carbocycles. The molecule has 0 aliphatic heterocycles. The van der Waals surface area contributed by atoms with Gasteiger partial charge in [-0.2, -0.15) is 0 Å². The second-order valence-corrected chi connectivity index (χ2v) is 4.80. The number of pyridine rings is 1. The standard InChI is InChI=1S/C15H9ClFNO2/c16-13-4-1-8(5-14(13)17)12-7-18-15(20)10-3-2-9(19)6-11(10)12/h1-7,19H,(H,18,20). The predicted octanol–water partition coefficient (Wildman–Crippen LogP) is 3.69. The van der Waals surface area contributed by atoms with Gasteiger partial charge in [-0.1, -0.05) is 17.7 Å². The lowest BCUT2D eigenvalue weighted by Crippen LogP contribution is -2.05. The number of H-pyrrole nitrogens is 1. The van der Waals surface area contributed by atoms with E-state index in [9.17, 15) is 14.3 Å². The Morgan fingerprint density at radius 3 is 2.65 bits per heavy atom. The molecule has 3 nitrogen and oxygen atoms in total. The summed E-state index contributed by atoms with van der Waals surface area (Å²) in [5.74, 6) is -0.498. The summed E-state index contributed by atoms with van der Waals surface area (Å²) >= 11 is 5.66. The van der Waals surface area contributed by atoms with Crippen LogP contribution in [-0.2, 0) is 0 Å². The van der Waals surface area contributed by atoms with E-state index in [2.05, 4.69) is 4.98 Å². The van der Waals surface area contributed by atoms with Gasteiger partial charge < -0.3 is 10.1 Å². The summed E-state index contributed by atoms with van der Waals surface area (Å²) in [7, 11) is 0. The second kappa shape index (κ2) is 4.65. The highest BCUT2D eigenvalue weighted by Gasteiger charge is 2.09. The summed E-state index contributed by atoms with van der Waals surface area (Å²) in [6.45, 7) is 0. The molecule has 0 fully saturated rings. The van der Waals surface area contributed by atoms with E-state index in [4.69, 9.17) is 11.6 Å². The molecule has 0 radical (unpaired) electrons. The number of nitrogens with one attached hydrogen (secondary N) is 1. The fraction of sp³-hybridized carbons (Fsp3) is 0. The van der Waals surface area contributed by atoms with Gasteiger partial charge in [0.15, 0.2) is 0 Å². The molecule has 0 aliphatic carbocycles. The smallest absolute Gasteiger partial charge is 0.255 e. The minimum absolute atomic E-state index is 0.0327. The molecule has 0 spiro atoms. The van der Waals surface area contributed by atoms with Crippen molar-refractivity contribution in [3.8, 4) is 16.9 Å². The van der Waals surface area contributed by atoms with Crippen molar-refractivity contribution in [2.75, 3.05) is 0 Å². The van der Waals surface area contributed by atoms with E-state index in [-0.39, 0.29) is 16.3 Å². The van der Waals surface area contributed by atoms with E-state index >= 15 is 0 Å². The Morgan fingerprint density at radius 2 is 1.90 bits per heavy atom. The highest BCUT2D eigenvalue weighted by molar-refractivity contribution is 6.30. The molecule has 0 atom stereocenters. The van der Waals surface area contributed by atoms with Crippen LogP contribution in [0, 0.1) is 5.82 Å². The largest absolute Gasteiger partial charge is 0.508 e. The highest BCUT2D eigenvalue weighted by Crippen LogP contribution is 2.30. The normalized spacial score (nSPS) is 10.9. The first kappa shape index (κ1) is 12.7. The van der Waals surface area contributed by atoms with Crippen LogP contribution in [0.3, 0.4) is 0 Å². The third-order valence-electron chi connectivity index (χ3n) is 3.12. The van der Waals surface area contributed by atoms with Crippen LogP contribution < -0.4 is 5.56 Å². The Hall–Kier alpha value is -2.33. The van der Waals surface area contributed by atoms with Crippen LogP contribution in [0.2, 0.25) is 5.02 Å². The molecule has 2 aromatic carbocycles. The summed E-state index contributed by atoms with van der Waals surface area (Å²) in [5, 5.41) is 10.6. The van der Waals surface area contributed by atoms with Crippen molar-refractivity contribution >= 4 is 22.4 Å². The average Bonchev–Trinajstić information content (AvgIpc) is 2.42. The molecule has 3 rings (SSSR count). The summed E-state index contributed by atoms with van der Waals surface area (Å²) in [6, 6.07) is 8.84. The molecule has 1 aromatic heterocycles. The van der Waals surface area contributed by atoms with Gasteiger partial charge in [0.05, 0.1) is 5.02 Å². The second-order valence-electron chi connectivity index (χ2n) is 4.39. The maximum Gasteiger partial charge on any atom is 0.255 e. The van der Waals surface area contributed by atoms with Gasteiger partial charge in [0, 0.05) is 22.5 Å². The fourth-order valence-corrected chi connectivity index (χ4v) is 2.27. The van der Waals surface area contributed by atoms with Gasteiger partial charge in [0.1, 0.15) is 11.6 Å². The average molecular weight is 290 g/mol. The molecular weight excluding hydrogens is 281 g/mol. The fourth-order valence-electron chi connectivity index (χ4n) is 2.15. The molecule has 0 amide bonds. The van der Waals surface area contributed by atoms with Crippen LogP contribution in [0.4, 0.5) is 4.39 Å². The molecule has 3 aromatic rings. The van der Waals surface area contributed by atoms with Crippen molar-refractivity contribution in [1.82, 2.24) is 4.98 Å². The number of hydrogen-bond donors (Lipinski definition) is 2. The third kappa shape index (κ3) is 2.04. The number of phenolic OH excluding ortho intramolecular Hbond substituents is 1. The summed E-state index contributed by atoms with van der Waals surface area (Å²) in [6.07, 6.45) is 1.49. The SMILES string of the molecule is O=c1[nH]cc(-c2ccc(Cl)c(F)c2)c2cc(O)ccc12. The Morgan fingerprint density at radius 1 is 1.10 bits per heavy atom. The van der Waals surface area contributed by atoms with E-state index in [1.807, 2.05) is 0 Å². The molecular formula is C15H9ClFNO2. The van der Waals surface area contributed by atoms with Gasteiger partial charge in [0.2, 0.25) is 0 Å². The summed E-state index contributed by atoms with van der Waals surface area (Å²) in [5.41, 5.74) is 0.919. The zero-order valence-corrected chi connectivity index (χ0v) is 10.9. The van der Waals surface area contributed by atoms with Crippen molar-refractivity contribution in [3.63, 3.8) is 0 Å². The maximum atomic E-state index is 13.6. The summed E-state index contributed by atoms with van der Waals surface area (Å²) < 4.78 is 13.6. The van der Waals surface area contributed by atoms with Gasteiger partial charge in [-0.25, -0.2) is 4.39 Å². The molecule has 5 heteroatoms. The van der Waals surface area contributed by atoms with Crippen LogP contribution in [-0.4, -0.2) is 10.1 Å². The number of fused-ring (bicyclic) bond motifs is 1. The summed E-state index contributed by atoms with van der Waals surface area (Å²) in [4.78, 5) is 14.4. The Bertz CT molecular complexity index is 873. The van der Waals surface area contributed by atoms with Crippen LogP contribution in [0.5, 0.6) is 5.75 Å². The third-order valence-corrected chi connectivity index (χ3v) is 3.42. The number of rotatable bonds is 1. The van der Waals surface area contributed by atoms with Crippen LogP contribution >= 0.6 is 11.6 Å². The Kier molecular flexibility index (Phi) is 2.95. The first-order valence-corrected chi connectivity index (χ1v) is 6.24. The van der Waals surface area contributed by atoms with Gasteiger partial charge in [-0.3, -0.25) is 4.79 Å². The Balaban J connectivity index is 2.36. The lowest BCUT2D eigenvalue weighted by atomic mass is 10.0. The predicted molar refractivity (Wildman–Crippen MR) is 76.6 cm³/mol. The molecule has 0 saturated heterocycles.